The first-order valence-corrected chi connectivity index (χ1v) is 16.4. The minimum Gasteiger partial charge on any atom is -0.508 e. The number of methoxy groups -OCH3 is 1. The predicted molar refractivity (Wildman–Crippen MR) is 194 cm³/mol. The fraction of sp³-hybridized carbons (Fsp3) is 0.368. The first-order chi connectivity index (χ1) is 23.0. The molecule has 0 spiro atoms. The second-order valence-corrected chi connectivity index (χ2v) is 10.4. The van der Waals surface area contributed by atoms with E-state index in [9.17, 15) is 14.7 Å². The number of benzene rings is 3. The molecular weight excluding hydrogens is 606 g/mol. The maximum absolute atomic E-state index is 11.5. The van der Waals surface area contributed by atoms with Crippen molar-refractivity contribution in [3.8, 4) is 22.9 Å². The maximum Gasteiger partial charge on any atom is 0.251 e. The quantitative estimate of drug-likeness (QED) is 0.124. The Morgan fingerprint density at radius 2 is 1.54 bits per heavy atom. The number of ether oxygens (including phenoxy) is 1. The number of hydrogen-bond donors (Lipinski definition) is 4. The molecule has 1 atom stereocenters. The van der Waals surface area contributed by atoms with Gasteiger partial charge in [-0.25, -0.2) is 0 Å². The highest BCUT2D eigenvalue weighted by Gasteiger charge is 2.18. The number of nitrogens with one attached hydrogen (secondary N) is 2. The van der Waals surface area contributed by atoms with Gasteiger partial charge in [0, 0.05) is 37.6 Å². The fourth-order valence-electron chi connectivity index (χ4n) is 4.37. The second-order valence-electron chi connectivity index (χ2n) is 10.4. The molecule has 48 heavy (non-hydrogen) atoms. The lowest BCUT2D eigenvalue weighted by atomic mass is 9.97. The molecule has 1 aromatic heterocycles. The molecule has 1 heterocycles. The van der Waals surface area contributed by atoms with Crippen LogP contribution in [-0.2, 0) is 11.2 Å². The first-order valence-electron chi connectivity index (χ1n) is 16.4. The first kappa shape index (κ1) is 40.9. The van der Waals surface area contributed by atoms with E-state index in [0.29, 0.717) is 24.6 Å². The molecular formula is C38H53N5O5. The Kier molecular flexibility index (Phi) is 18.4. The van der Waals surface area contributed by atoms with Crippen LogP contribution in [-0.4, -0.2) is 57.0 Å². The van der Waals surface area contributed by atoms with Gasteiger partial charge in [0.15, 0.2) is 0 Å². The summed E-state index contributed by atoms with van der Waals surface area (Å²) >= 11 is 0. The highest BCUT2D eigenvalue weighted by Crippen LogP contribution is 2.32. The molecule has 0 bridgehead atoms. The van der Waals surface area contributed by atoms with Crippen LogP contribution in [0.1, 0.15) is 88.0 Å². The average Bonchev–Trinajstić information content (AvgIpc) is 3.46. The Labute approximate surface area is 285 Å². The van der Waals surface area contributed by atoms with Crippen LogP contribution in [0.25, 0.3) is 11.3 Å². The number of nitrogens with zero attached hydrogens (tertiary/aromatic N) is 3. The number of hydrogen-bond acceptors (Lipinski definition) is 7. The molecule has 2 amide bonds. The third kappa shape index (κ3) is 12.6. The van der Waals surface area contributed by atoms with E-state index in [1.807, 2.05) is 65.0 Å². The van der Waals surface area contributed by atoms with Gasteiger partial charge < -0.3 is 25.6 Å². The normalized spacial score (nSPS) is 10.4. The summed E-state index contributed by atoms with van der Waals surface area (Å²) in [4.78, 5) is 22.1. The summed E-state index contributed by atoms with van der Waals surface area (Å²) < 4.78 is 7.56. The molecule has 0 aliphatic rings. The van der Waals surface area contributed by atoms with Crippen molar-refractivity contribution in [1.82, 2.24) is 25.4 Å². The van der Waals surface area contributed by atoms with E-state index in [2.05, 4.69) is 45.8 Å². The van der Waals surface area contributed by atoms with Gasteiger partial charge in [-0.15, -0.1) is 10.2 Å². The van der Waals surface area contributed by atoms with E-state index in [-0.39, 0.29) is 23.3 Å². The number of rotatable bonds is 11. The van der Waals surface area contributed by atoms with Crippen LogP contribution in [0.4, 0.5) is 0 Å². The van der Waals surface area contributed by atoms with Gasteiger partial charge in [0.25, 0.3) is 5.91 Å². The number of aromatic hydroxyl groups is 2. The summed E-state index contributed by atoms with van der Waals surface area (Å²) in [6.07, 6.45) is 1.94. The van der Waals surface area contributed by atoms with E-state index in [4.69, 9.17) is 9.84 Å². The van der Waals surface area contributed by atoms with Gasteiger partial charge in [-0.3, -0.25) is 14.2 Å². The SMILES string of the molecule is C=C(c1ccc(O)cc1)c1cc(OC)ccc1-n1c(C)nnc1CC(C)CC.CC.CC.CC(=O)NCCNC(=O)c1cccc(O)c1. The van der Waals surface area contributed by atoms with Gasteiger partial charge in [0.2, 0.25) is 5.91 Å². The van der Waals surface area contributed by atoms with Gasteiger partial charge in [-0.2, -0.15) is 0 Å². The number of carbonyl (C=O) groups is 2. The molecule has 4 N–H and O–H groups in total. The van der Waals surface area contributed by atoms with Crippen molar-refractivity contribution in [2.45, 2.75) is 68.2 Å². The molecule has 0 radical (unpaired) electrons. The number of phenols is 2. The molecule has 10 nitrogen and oxygen atoms in total. The lowest BCUT2D eigenvalue weighted by Crippen LogP contribution is -2.33. The zero-order valence-corrected chi connectivity index (χ0v) is 29.9. The molecule has 260 valence electrons. The van der Waals surface area contributed by atoms with Crippen molar-refractivity contribution in [2.24, 2.45) is 5.92 Å². The number of amides is 2. The van der Waals surface area contributed by atoms with Crippen LogP contribution >= 0.6 is 0 Å². The largest absolute Gasteiger partial charge is 0.508 e. The van der Waals surface area contributed by atoms with Crippen molar-refractivity contribution < 1.29 is 24.5 Å². The summed E-state index contributed by atoms with van der Waals surface area (Å²) in [6.45, 7) is 20.8. The molecule has 4 aromatic rings. The summed E-state index contributed by atoms with van der Waals surface area (Å²) in [7, 11) is 1.65. The zero-order chi connectivity index (χ0) is 36.2. The molecule has 10 heteroatoms. The Morgan fingerprint density at radius 3 is 2.12 bits per heavy atom. The van der Waals surface area contributed by atoms with Crippen LogP contribution in [0.3, 0.4) is 0 Å². The molecule has 0 aliphatic carbocycles. The van der Waals surface area contributed by atoms with Gasteiger partial charge in [0.05, 0.1) is 12.8 Å². The van der Waals surface area contributed by atoms with Crippen LogP contribution in [0.2, 0.25) is 0 Å². The van der Waals surface area contributed by atoms with Crippen LogP contribution in [0.15, 0.2) is 73.3 Å². The van der Waals surface area contributed by atoms with Crippen molar-refractivity contribution in [1.29, 1.82) is 0 Å². The topological polar surface area (TPSA) is 139 Å². The summed E-state index contributed by atoms with van der Waals surface area (Å²) in [5, 5.41) is 32.7. The second kappa shape index (κ2) is 21.6. The summed E-state index contributed by atoms with van der Waals surface area (Å²) in [5.74, 6) is 2.92. The Bertz CT molecular complexity index is 1580. The lowest BCUT2D eigenvalue weighted by Gasteiger charge is -2.18. The van der Waals surface area contributed by atoms with Crippen LogP contribution < -0.4 is 15.4 Å². The van der Waals surface area contributed by atoms with Gasteiger partial charge in [-0.05, 0) is 72.5 Å². The highest BCUT2D eigenvalue weighted by atomic mass is 16.5. The van der Waals surface area contributed by atoms with Crippen molar-refractivity contribution in [2.75, 3.05) is 20.2 Å². The van der Waals surface area contributed by atoms with Crippen LogP contribution in [0.5, 0.6) is 17.2 Å². The van der Waals surface area contributed by atoms with Gasteiger partial charge >= 0.3 is 0 Å². The van der Waals surface area contributed by atoms with Crippen molar-refractivity contribution in [3.05, 3.63) is 102 Å². The number of aryl methyl sites for hydroxylation is 1. The third-order valence-electron chi connectivity index (χ3n) is 7.00. The third-order valence-corrected chi connectivity index (χ3v) is 7.00. The minimum atomic E-state index is -0.277. The molecule has 4 rings (SSSR count). The molecule has 0 aliphatic heterocycles. The average molecular weight is 660 g/mol. The molecule has 1 unspecified atom stereocenters. The van der Waals surface area contributed by atoms with Crippen molar-refractivity contribution in [3.63, 3.8) is 0 Å². The van der Waals surface area contributed by atoms with E-state index < -0.39 is 0 Å². The van der Waals surface area contributed by atoms with E-state index in [1.165, 1.54) is 19.1 Å². The van der Waals surface area contributed by atoms with E-state index in [0.717, 1.165) is 52.6 Å². The number of carbonyl (C=O) groups excluding carboxylic acids is 2. The lowest BCUT2D eigenvalue weighted by molar-refractivity contribution is -0.118. The summed E-state index contributed by atoms with van der Waals surface area (Å²) in [5.41, 5.74) is 4.08. The smallest absolute Gasteiger partial charge is 0.251 e. The maximum atomic E-state index is 11.5. The Hall–Kier alpha value is -5.12. The monoisotopic (exact) mass is 659 g/mol. The van der Waals surface area contributed by atoms with E-state index >= 15 is 0 Å². The summed E-state index contributed by atoms with van der Waals surface area (Å²) in [6, 6.07) is 19.1. The fourth-order valence-corrected chi connectivity index (χ4v) is 4.37. The van der Waals surface area contributed by atoms with Crippen molar-refractivity contribution >= 4 is 17.4 Å². The van der Waals surface area contributed by atoms with E-state index in [1.54, 1.807) is 31.4 Å². The number of phenolic OH excluding ortho intramolecular Hbond substituents is 2. The minimum absolute atomic E-state index is 0.0505. The van der Waals surface area contributed by atoms with Gasteiger partial charge in [-0.1, -0.05) is 72.7 Å². The Morgan fingerprint density at radius 1 is 0.896 bits per heavy atom. The van der Waals surface area contributed by atoms with Crippen LogP contribution in [0, 0.1) is 12.8 Å². The standard InChI is InChI=1S/C23H27N3O2.C11H14N2O3.2C2H6/c1-6-15(2)13-23-25-24-17(4)26(23)22-12-11-20(28-5)14-21(22)16(3)18-7-9-19(27)10-8-18;1-8(14)12-5-6-13-11(16)9-3-2-4-10(15)7-9;2*1-2/h7-12,14-15,27H,3,6,13H2,1-2,4-5H3;2-4,7,15H,5-6H2,1H3,(H,12,14)(H,13,16);2*1-2H3. The Balaban J connectivity index is 0.000000490. The molecule has 0 fully saturated rings. The molecule has 3 aromatic carbocycles. The molecule has 0 saturated heterocycles. The highest BCUT2D eigenvalue weighted by molar-refractivity contribution is 5.94. The number of aromatic nitrogens is 3. The predicted octanol–water partition coefficient (Wildman–Crippen LogP) is 7.25. The molecule has 0 saturated carbocycles. The van der Waals surface area contributed by atoms with Gasteiger partial charge in [0.1, 0.15) is 28.9 Å². The zero-order valence-electron chi connectivity index (χ0n) is 29.9.